The zero-order valence-corrected chi connectivity index (χ0v) is 11.3. The Hall–Kier alpha value is -0.120. The molecule has 3 nitrogen and oxygen atoms in total. The molecule has 1 fully saturated rings. The topological polar surface area (TPSA) is 41.5 Å². The Morgan fingerprint density at radius 2 is 2.00 bits per heavy atom. The largest absolute Gasteiger partial charge is 0.395 e. The van der Waals surface area contributed by atoms with Gasteiger partial charge in [0.05, 0.1) is 12.7 Å². The number of hydrogen-bond donors (Lipinski definition) is 2. The van der Waals surface area contributed by atoms with Gasteiger partial charge in [0.15, 0.2) is 0 Å². The summed E-state index contributed by atoms with van der Waals surface area (Å²) in [5, 5.41) is 12.5. The fourth-order valence-corrected chi connectivity index (χ4v) is 2.16. The van der Waals surface area contributed by atoms with Crippen molar-refractivity contribution >= 4 is 0 Å². The lowest BCUT2D eigenvalue weighted by molar-refractivity contribution is -0.126. The minimum absolute atomic E-state index is 0.176. The molecule has 3 atom stereocenters. The summed E-state index contributed by atoms with van der Waals surface area (Å²) in [5.41, 5.74) is 0.179. The highest BCUT2D eigenvalue weighted by Gasteiger charge is 2.49. The lowest BCUT2D eigenvalue weighted by Crippen LogP contribution is -2.63. The van der Waals surface area contributed by atoms with Crippen molar-refractivity contribution in [1.29, 1.82) is 0 Å². The predicted octanol–water partition coefficient (Wildman–Crippen LogP) is 1.80. The second-order valence-electron chi connectivity index (χ2n) is 6.08. The summed E-state index contributed by atoms with van der Waals surface area (Å²) < 4.78 is 5.90. The average molecular weight is 229 g/mol. The highest BCUT2D eigenvalue weighted by Crippen LogP contribution is 2.43. The van der Waals surface area contributed by atoms with Crippen LogP contribution in [0, 0.1) is 11.3 Å². The van der Waals surface area contributed by atoms with Gasteiger partial charge in [-0.3, -0.25) is 0 Å². The Morgan fingerprint density at radius 3 is 2.44 bits per heavy atom. The van der Waals surface area contributed by atoms with Crippen LogP contribution in [0.2, 0.25) is 0 Å². The minimum atomic E-state index is 0.176. The van der Waals surface area contributed by atoms with E-state index in [1.807, 2.05) is 6.92 Å². The molecule has 0 aromatic carbocycles. The van der Waals surface area contributed by atoms with Crippen LogP contribution in [0.5, 0.6) is 0 Å². The number of aliphatic hydroxyl groups is 1. The van der Waals surface area contributed by atoms with Crippen molar-refractivity contribution < 1.29 is 9.84 Å². The van der Waals surface area contributed by atoms with Crippen LogP contribution in [0.1, 0.15) is 41.0 Å². The van der Waals surface area contributed by atoms with Crippen molar-refractivity contribution in [3.8, 4) is 0 Å². The summed E-state index contributed by atoms with van der Waals surface area (Å²) in [6.07, 6.45) is 1.42. The van der Waals surface area contributed by atoms with Gasteiger partial charge in [-0.25, -0.2) is 0 Å². The van der Waals surface area contributed by atoms with E-state index in [2.05, 4.69) is 33.0 Å². The number of ether oxygens (including phenoxy) is 1. The van der Waals surface area contributed by atoms with E-state index in [4.69, 9.17) is 9.84 Å². The van der Waals surface area contributed by atoms with Crippen molar-refractivity contribution in [1.82, 2.24) is 5.32 Å². The molecule has 0 aromatic heterocycles. The molecular weight excluding hydrogens is 202 g/mol. The van der Waals surface area contributed by atoms with E-state index in [-0.39, 0.29) is 18.1 Å². The van der Waals surface area contributed by atoms with Gasteiger partial charge < -0.3 is 15.2 Å². The zero-order valence-electron chi connectivity index (χ0n) is 11.3. The predicted molar refractivity (Wildman–Crippen MR) is 66.4 cm³/mol. The summed E-state index contributed by atoms with van der Waals surface area (Å²) in [4.78, 5) is 0. The molecule has 2 N–H and O–H groups in total. The Labute approximate surface area is 99.6 Å². The Kier molecular flexibility index (Phi) is 4.77. The Bertz CT molecular complexity index is 216. The van der Waals surface area contributed by atoms with E-state index in [0.29, 0.717) is 18.1 Å². The first-order valence-corrected chi connectivity index (χ1v) is 6.36. The van der Waals surface area contributed by atoms with Gasteiger partial charge in [-0.15, -0.1) is 0 Å². The molecule has 96 valence electrons. The van der Waals surface area contributed by atoms with Crippen molar-refractivity contribution in [3.05, 3.63) is 0 Å². The SMILES string of the molecule is CC(C)COC1CC(NC(C)CO)C1(C)C. The van der Waals surface area contributed by atoms with Crippen molar-refractivity contribution in [2.24, 2.45) is 11.3 Å². The molecule has 1 saturated carbocycles. The number of nitrogens with one attached hydrogen (secondary N) is 1. The summed E-state index contributed by atoms with van der Waals surface area (Å²) >= 11 is 0. The normalized spacial score (nSPS) is 30.2. The van der Waals surface area contributed by atoms with Gasteiger partial charge in [0.25, 0.3) is 0 Å². The van der Waals surface area contributed by atoms with E-state index < -0.39 is 0 Å². The quantitative estimate of drug-likeness (QED) is 0.729. The second kappa shape index (κ2) is 5.48. The van der Waals surface area contributed by atoms with Gasteiger partial charge in [0.1, 0.15) is 0 Å². The van der Waals surface area contributed by atoms with Crippen LogP contribution in [0.15, 0.2) is 0 Å². The molecule has 1 aliphatic rings. The van der Waals surface area contributed by atoms with Gasteiger partial charge >= 0.3 is 0 Å². The van der Waals surface area contributed by atoms with Crippen LogP contribution < -0.4 is 5.32 Å². The smallest absolute Gasteiger partial charge is 0.0656 e. The molecule has 16 heavy (non-hydrogen) atoms. The maximum Gasteiger partial charge on any atom is 0.0656 e. The Morgan fingerprint density at radius 1 is 1.38 bits per heavy atom. The molecule has 0 aromatic rings. The molecule has 3 heteroatoms. The zero-order chi connectivity index (χ0) is 12.3. The van der Waals surface area contributed by atoms with E-state index >= 15 is 0 Å². The molecule has 0 radical (unpaired) electrons. The molecule has 0 saturated heterocycles. The first kappa shape index (κ1) is 13.9. The summed E-state index contributed by atoms with van der Waals surface area (Å²) in [7, 11) is 0. The van der Waals surface area contributed by atoms with Gasteiger partial charge in [-0.2, -0.15) is 0 Å². The molecule has 0 amide bonds. The maximum atomic E-state index is 9.02. The van der Waals surface area contributed by atoms with Crippen LogP contribution in [0.4, 0.5) is 0 Å². The van der Waals surface area contributed by atoms with E-state index in [1.165, 1.54) is 0 Å². The molecule has 0 heterocycles. The molecular formula is C13H27NO2. The van der Waals surface area contributed by atoms with Crippen LogP contribution in [-0.4, -0.2) is 36.5 Å². The highest BCUT2D eigenvalue weighted by molar-refractivity contribution is 5.03. The lowest BCUT2D eigenvalue weighted by atomic mass is 9.64. The third-order valence-corrected chi connectivity index (χ3v) is 3.57. The Balaban J connectivity index is 2.35. The summed E-state index contributed by atoms with van der Waals surface area (Å²) in [6.45, 7) is 11.9. The number of hydrogen-bond acceptors (Lipinski definition) is 3. The fraction of sp³-hybridized carbons (Fsp3) is 1.00. The molecule has 1 rings (SSSR count). The van der Waals surface area contributed by atoms with Crippen molar-refractivity contribution in [2.75, 3.05) is 13.2 Å². The van der Waals surface area contributed by atoms with Crippen LogP contribution in [-0.2, 0) is 4.74 Å². The van der Waals surface area contributed by atoms with E-state index in [0.717, 1.165) is 13.0 Å². The van der Waals surface area contributed by atoms with Gasteiger partial charge in [-0.1, -0.05) is 27.7 Å². The van der Waals surface area contributed by atoms with Crippen molar-refractivity contribution in [2.45, 2.75) is 59.2 Å². The van der Waals surface area contributed by atoms with Gasteiger partial charge in [0, 0.05) is 24.1 Å². The summed E-state index contributed by atoms with van der Waals surface area (Å²) in [6, 6.07) is 0.641. The highest BCUT2D eigenvalue weighted by atomic mass is 16.5. The lowest BCUT2D eigenvalue weighted by Gasteiger charge is -2.52. The molecule has 1 aliphatic carbocycles. The van der Waals surface area contributed by atoms with Crippen LogP contribution >= 0.6 is 0 Å². The number of rotatable bonds is 6. The fourth-order valence-electron chi connectivity index (χ4n) is 2.16. The standard InChI is InChI=1S/C13H27NO2/c1-9(2)8-16-12-6-11(13(12,4)5)14-10(3)7-15/h9-12,14-15H,6-8H2,1-5H3. The monoisotopic (exact) mass is 229 g/mol. The first-order chi connectivity index (χ1) is 7.37. The minimum Gasteiger partial charge on any atom is -0.395 e. The van der Waals surface area contributed by atoms with Crippen LogP contribution in [0.3, 0.4) is 0 Å². The van der Waals surface area contributed by atoms with Crippen molar-refractivity contribution in [3.63, 3.8) is 0 Å². The molecule has 0 spiro atoms. The maximum absolute atomic E-state index is 9.02. The number of aliphatic hydroxyl groups excluding tert-OH is 1. The molecule has 3 unspecified atom stereocenters. The van der Waals surface area contributed by atoms with E-state index in [9.17, 15) is 0 Å². The molecule has 0 bridgehead atoms. The third-order valence-electron chi connectivity index (χ3n) is 3.57. The first-order valence-electron chi connectivity index (χ1n) is 6.36. The van der Waals surface area contributed by atoms with E-state index in [1.54, 1.807) is 0 Å². The third kappa shape index (κ3) is 3.19. The second-order valence-corrected chi connectivity index (χ2v) is 6.08. The summed E-state index contributed by atoms with van der Waals surface area (Å²) in [5.74, 6) is 0.596. The molecule has 0 aliphatic heterocycles. The van der Waals surface area contributed by atoms with Gasteiger partial charge in [0.2, 0.25) is 0 Å². The average Bonchev–Trinajstić information content (AvgIpc) is 2.21. The van der Waals surface area contributed by atoms with Gasteiger partial charge in [-0.05, 0) is 19.3 Å². The van der Waals surface area contributed by atoms with Crippen LogP contribution in [0.25, 0.3) is 0 Å².